The van der Waals surface area contributed by atoms with Crippen LogP contribution in [-0.2, 0) is 15.9 Å². The fourth-order valence-electron chi connectivity index (χ4n) is 3.35. The predicted octanol–water partition coefficient (Wildman–Crippen LogP) is 2.72. The van der Waals surface area contributed by atoms with E-state index in [1.807, 2.05) is 12.1 Å². The summed E-state index contributed by atoms with van der Waals surface area (Å²) in [5, 5.41) is 7.01. The lowest BCUT2D eigenvalue weighted by molar-refractivity contribution is -0.0873. The van der Waals surface area contributed by atoms with Crippen molar-refractivity contribution < 1.29 is 13.9 Å². The summed E-state index contributed by atoms with van der Waals surface area (Å²) in [5.74, 6) is 1.84. The van der Waals surface area contributed by atoms with Crippen molar-refractivity contribution >= 4 is 29.9 Å². The van der Waals surface area contributed by atoms with Crippen molar-refractivity contribution in [1.29, 1.82) is 0 Å². The van der Waals surface area contributed by atoms with Crippen molar-refractivity contribution in [1.82, 2.24) is 10.6 Å². The molecule has 142 valence electrons. The van der Waals surface area contributed by atoms with Crippen LogP contribution < -0.4 is 10.6 Å². The zero-order valence-electron chi connectivity index (χ0n) is 15.1. The Hall–Kier alpha value is -0.800. The standard InChI is InChI=1S/C18H29N3O3.HI/c1-14(2)20-17(19-8-5-16-4-3-9-23-16)21-15-6-10-24-18(12-15)7-11-22-13-18;/h3-4,9,14-15H,5-8,10-13H2,1-2H3,(H2,19,20,21);1H. The van der Waals surface area contributed by atoms with Crippen molar-refractivity contribution in [3.63, 3.8) is 0 Å². The first-order chi connectivity index (χ1) is 11.7. The molecule has 0 aliphatic carbocycles. The molecule has 3 rings (SSSR count). The monoisotopic (exact) mass is 463 g/mol. The predicted molar refractivity (Wildman–Crippen MR) is 109 cm³/mol. The van der Waals surface area contributed by atoms with Crippen LogP contribution in [0.3, 0.4) is 0 Å². The van der Waals surface area contributed by atoms with Crippen molar-refractivity contribution in [2.24, 2.45) is 4.99 Å². The molecule has 0 saturated carbocycles. The van der Waals surface area contributed by atoms with E-state index in [9.17, 15) is 0 Å². The highest BCUT2D eigenvalue weighted by molar-refractivity contribution is 14.0. The number of nitrogens with one attached hydrogen (secondary N) is 2. The molecule has 1 spiro atoms. The summed E-state index contributed by atoms with van der Waals surface area (Å²) in [7, 11) is 0. The molecule has 25 heavy (non-hydrogen) atoms. The lowest BCUT2D eigenvalue weighted by atomic mass is 9.90. The van der Waals surface area contributed by atoms with Crippen LogP contribution in [0, 0.1) is 0 Å². The SMILES string of the molecule is CC(C)NC(=NCCc1ccco1)NC1CCOC2(CCOC2)C1.I. The van der Waals surface area contributed by atoms with Gasteiger partial charge in [0.1, 0.15) is 5.76 Å². The van der Waals surface area contributed by atoms with Gasteiger partial charge in [-0.25, -0.2) is 0 Å². The van der Waals surface area contributed by atoms with Gasteiger partial charge < -0.3 is 24.5 Å². The van der Waals surface area contributed by atoms with Gasteiger partial charge in [-0.15, -0.1) is 24.0 Å². The molecular formula is C18H30IN3O3. The summed E-state index contributed by atoms with van der Waals surface area (Å²) in [6, 6.07) is 4.61. The van der Waals surface area contributed by atoms with Gasteiger partial charge >= 0.3 is 0 Å². The molecule has 6 nitrogen and oxygen atoms in total. The van der Waals surface area contributed by atoms with E-state index in [1.54, 1.807) is 6.26 Å². The molecule has 2 aliphatic heterocycles. The molecule has 2 aliphatic rings. The third-order valence-electron chi connectivity index (χ3n) is 4.53. The van der Waals surface area contributed by atoms with Crippen LogP contribution >= 0.6 is 24.0 Å². The number of ether oxygens (including phenoxy) is 2. The minimum absolute atomic E-state index is 0. The lowest BCUT2D eigenvalue weighted by Gasteiger charge is -2.38. The second kappa shape index (κ2) is 9.78. The zero-order valence-corrected chi connectivity index (χ0v) is 17.5. The van der Waals surface area contributed by atoms with Crippen molar-refractivity contribution in [2.75, 3.05) is 26.4 Å². The third-order valence-corrected chi connectivity index (χ3v) is 4.53. The van der Waals surface area contributed by atoms with Crippen molar-refractivity contribution in [3.05, 3.63) is 24.2 Å². The Morgan fingerprint density at radius 2 is 2.28 bits per heavy atom. The zero-order chi connectivity index (χ0) is 16.8. The summed E-state index contributed by atoms with van der Waals surface area (Å²) in [4.78, 5) is 4.71. The molecule has 2 atom stereocenters. The number of aliphatic imine (C=N–C) groups is 1. The van der Waals surface area contributed by atoms with Crippen LogP contribution in [0.15, 0.2) is 27.8 Å². The van der Waals surface area contributed by atoms with Gasteiger partial charge in [-0.1, -0.05) is 0 Å². The topological polar surface area (TPSA) is 68.0 Å². The van der Waals surface area contributed by atoms with Crippen LogP contribution in [0.1, 0.15) is 38.9 Å². The Morgan fingerprint density at radius 3 is 2.96 bits per heavy atom. The van der Waals surface area contributed by atoms with Crippen LogP contribution in [0.25, 0.3) is 0 Å². The minimum Gasteiger partial charge on any atom is -0.469 e. The van der Waals surface area contributed by atoms with E-state index >= 15 is 0 Å². The van der Waals surface area contributed by atoms with Gasteiger partial charge in [0.2, 0.25) is 0 Å². The van der Waals surface area contributed by atoms with E-state index in [1.165, 1.54) is 0 Å². The second-order valence-corrected chi connectivity index (χ2v) is 7.03. The van der Waals surface area contributed by atoms with Gasteiger partial charge in [-0.05, 0) is 38.8 Å². The van der Waals surface area contributed by atoms with E-state index in [0.29, 0.717) is 25.2 Å². The average Bonchev–Trinajstić information content (AvgIpc) is 3.19. The molecule has 2 unspecified atom stereocenters. The molecule has 2 fully saturated rings. The summed E-state index contributed by atoms with van der Waals surface area (Å²) >= 11 is 0. The summed E-state index contributed by atoms with van der Waals surface area (Å²) in [6.07, 6.45) is 5.48. The smallest absolute Gasteiger partial charge is 0.191 e. The van der Waals surface area contributed by atoms with E-state index < -0.39 is 0 Å². The van der Waals surface area contributed by atoms with Crippen LogP contribution in [0.4, 0.5) is 0 Å². The Labute approximate surface area is 167 Å². The van der Waals surface area contributed by atoms with E-state index in [0.717, 1.165) is 50.6 Å². The van der Waals surface area contributed by atoms with Crippen molar-refractivity contribution in [3.8, 4) is 0 Å². The highest BCUT2D eigenvalue weighted by Crippen LogP contribution is 2.32. The highest BCUT2D eigenvalue weighted by atomic mass is 127. The molecule has 0 bridgehead atoms. The van der Waals surface area contributed by atoms with E-state index in [4.69, 9.17) is 18.9 Å². The summed E-state index contributed by atoms with van der Waals surface area (Å²) in [5.41, 5.74) is -0.0903. The number of nitrogens with zero attached hydrogens (tertiary/aromatic N) is 1. The molecule has 3 heterocycles. The Morgan fingerprint density at radius 1 is 1.40 bits per heavy atom. The minimum atomic E-state index is -0.0903. The highest BCUT2D eigenvalue weighted by Gasteiger charge is 2.41. The van der Waals surface area contributed by atoms with Gasteiger partial charge in [-0.3, -0.25) is 4.99 Å². The fraction of sp³-hybridized carbons (Fsp3) is 0.722. The number of hydrogen-bond acceptors (Lipinski definition) is 4. The molecule has 0 radical (unpaired) electrons. The van der Waals surface area contributed by atoms with E-state index in [-0.39, 0.29) is 29.6 Å². The van der Waals surface area contributed by atoms with Gasteiger partial charge in [-0.2, -0.15) is 0 Å². The average molecular weight is 463 g/mol. The molecular weight excluding hydrogens is 433 g/mol. The van der Waals surface area contributed by atoms with Gasteiger partial charge in [0.05, 0.1) is 18.5 Å². The molecule has 1 aromatic rings. The van der Waals surface area contributed by atoms with E-state index in [2.05, 4.69) is 24.5 Å². The van der Waals surface area contributed by atoms with Crippen LogP contribution in [-0.4, -0.2) is 50.0 Å². The summed E-state index contributed by atoms with van der Waals surface area (Å²) < 4.78 is 16.9. The Kier molecular flexibility index (Phi) is 8.02. The van der Waals surface area contributed by atoms with Crippen LogP contribution in [0.2, 0.25) is 0 Å². The maximum absolute atomic E-state index is 6.01. The van der Waals surface area contributed by atoms with Gasteiger partial charge in [0.15, 0.2) is 5.96 Å². The molecule has 1 aromatic heterocycles. The lowest BCUT2D eigenvalue weighted by Crippen LogP contribution is -2.52. The molecule has 2 N–H and O–H groups in total. The van der Waals surface area contributed by atoms with Gasteiger partial charge in [0, 0.05) is 44.7 Å². The number of rotatable bonds is 5. The number of guanidine groups is 1. The number of halogens is 1. The molecule has 2 saturated heterocycles. The number of furan rings is 1. The third kappa shape index (κ3) is 6.14. The molecule has 7 heteroatoms. The Balaban J connectivity index is 0.00000225. The first kappa shape index (κ1) is 20.5. The first-order valence-corrected chi connectivity index (χ1v) is 8.97. The quantitative estimate of drug-likeness (QED) is 0.400. The number of hydrogen-bond donors (Lipinski definition) is 2. The van der Waals surface area contributed by atoms with Crippen molar-refractivity contribution in [2.45, 2.75) is 57.2 Å². The second-order valence-electron chi connectivity index (χ2n) is 7.03. The molecule has 0 aromatic carbocycles. The van der Waals surface area contributed by atoms with Gasteiger partial charge in [0.25, 0.3) is 0 Å². The molecule has 0 amide bonds. The van der Waals surface area contributed by atoms with Crippen LogP contribution in [0.5, 0.6) is 0 Å². The largest absolute Gasteiger partial charge is 0.469 e. The summed E-state index contributed by atoms with van der Waals surface area (Å²) in [6.45, 7) is 7.25. The first-order valence-electron chi connectivity index (χ1n) is 8.97. The normalized spacial score (nSPS) is 26.7. The fourth-order valence-corrected chi connectivity index (χ4v) is 3.35. The maximum Gasteiger partial charge on any atom is 0.191 e. The Bertz CT molecular complexity index is 528. The maximum atomic E-state index is 6.01.